The number of nitrogens with two attached hydrogens (primary N) is 1. The molecule has 0 unspecified atom stereocenters. The Morgan fingerprint density at radius 2 is 1.85 bits per heavy atom. The molecule has 0 aliphatic heterocycles. The zero-order chi connectivity index (χ0) is 14.4. The summed E-state index contributed by atoms with van der Waals surface area (Å²) in [6.45, 7) is 1.43. The van der Waals surface area contributed by atoms with Crippen molar-refractivity contribution in [1.82, 2.24) is 10.6 Å². The number of rotatable bonds is 7. The maximum Gasteiger partial charge on any atom is 0.251 e. The molecule has 5 nitrogen and oxygen atoms in total. The van der Waals surface area contributed by atoms with Crippen LogP contribution in [0.5, 0.6) is 0 Å². The van der Waals surface area contributed by atoms with Crippen LogP contribution in [-0.2, 0) is 11.2 Å². The van der Waals surface area contributed by atoms with Crippen molar-refractivity contribution in [2.75, 3.05) is 19.6 Å². The minimum atomic E-state index is -0.116. The van der Waals surface area contributed by atoms with Crippen LogP contribution < -0.4 is 16.4 Å². The van der Waals surface area contributed by atoms with Crippen molar-refractivity contribution in [2.24, 2.45) is 11.7 Å². The molecule has 1 aliphatic carbocycles. The summed E-state index contributed by atoms with van der Waals surface area (Å²) in [5, 5.41) is 5.64. The van der Waals surface area contributed by atoms with Crippen LogP contribution in [0.3, 0.4) is 0 Å². The number of nitrogens with one attached hydrogen (secondary N) is 2. The molecule has 1 aliphatic rings. The number of amides is 2. The number of hydrogen-bond donors (Lipinski definition) is 3. The number of benzene rings is 1. The van der Waals surface area contributed by atoms with Gasteiger partial charge < -0.3 is 16.4 Å². The molecule has 1 fully saturated rings. The average Bonchev–Trinajstić information content (AvgIpc) is 3.28. The van der Waals surface area contributed by atoms with E-state index >= 15 is 0 Å². The molecule has 0 aromatic heterocycles. The van der Waals surface area contributed by atoms with E-state index in [1.807, 2.05) is 18.2 Å². The van der Waals surface area contributed by atoms with E-state index in [-0.39, 0.29) is 17.7 Å². The Balaban J connectivity index is 1.77. The molecule has 0 radical (unpaired) electrons. The Bertz CT molecular complexity index is 484. The molecule has 0 bridgehead atoms. The maximum atomic E-state index is 12.1. The van der Waals surface area contributed by atoms with Crippen molar-refractivity contribution in [3.05, 3.63) is 35.4 Å². The lowest BCUT2D eigenvalue weighted by Crippen LogP contribution is -2.35. The SMILES string of the molecule is NCCc1ccccc1C(=O)NCCNC(=O)C1CC1. The van der Waals surface area contributed by atoms with Gasteiger partial charge in [-0.25, -0.2) is 0 Å². The molecule has 108 valence electrons. The first-order valence-electron chi connectivity index (χ1n) is 7.06. The molecule has 2 rings (SSSR count). The van der Waals surface area contributed by atoms with Crippen molar-refractivity contribution in [2.45, 2.75) is 19.3 Å². The van der Waals surface area contributed by atoms with Gasteiger partial charge in [0, 0.05) is 24.6 Å². The van der Waals surface area contributed by atoms with Gasteiger partial charge in [0.1, 0.15) is 0 Å². The van der Waals surface area contributed by atoms with Gasteiger partial charge in [-0.3, -0.25) is 9.59 Å². The van der Waals surface area contributed by atoms with Gasteiger partial charge in [0.05, 0.1) is 0 Å². The summed E-state index contributed by atoms with van der Waals surface area (Å²) in [7, 11) is 0. The maximum absolute atomic E-state index is 12.1. The molecule has 1 saturated carbocycles. The van der Waals surface area contributed by atoms with Gasteiger partial charge in [0.15, 0.2) is 0 Å². The van der Waals surface area contributed by atoms with Crippen LogP contribution in [0, 0.1) is 5.92 Å². The van der Waals surface area contributed by atoms with Crippen LogP contribution >= 0.6 is 0 Å². The van der Waals surface area contributed by atoms with Crippen molar-refractivity contribution < 1.29 is 9.59 Å². The smallest absolute Gasteiger partial charge is 0.251 e. The number of hydrogen-bond acceptors (Lipinski definition) is 3. The van der Waals surface area contributed by atoms with Crippen molar-refractivity contribution in [1.29, 1.82) is 0 Å². The van der Waals surface area contributed by atoms with E-state index in [0.717, 1.165) is 18.4 Å². The van der Waals surface area contributed by atoms with Crippen molar-refractivity contribution in [3.63, 3.8) is 0 Å². The topological polar surface area (TPSA) is 84.2 Å². The van der Waals surface area contributed by atoms with E-state index in [2.05, 4.69) is 10.6 Å². The zero-order valence-corrected chi connectivity index (χ0v) is 11.5. The molecular weight excluding hydrogens is 254 g/mol. The van der Waals surface area contributed by atoms with E-state index in [1.54, 1.807) is 6.07 Å². The summed E-state index contributed by atoms with van der Waals surface area (Å²) in [6, 6.07) is 7.45. The summed E-state index contributed by atoms with van der Waals surface area (Å²) in [5.41, 5.74) is 7.15. The van der Waals surface area contributed by atoms with Crippen LogP contribution in [0.4, 0.5) is 0 Å². The first-order chi connectivity index (χ1) is 9.72. The van der Waals surface area contributed by atoms with E-state index in [1.165, 1.54) is 0 Å². The predicted octanol–water partition coefficient (Wildman–Crippen LogP) is 0.444. The van der Waals surface area contributed by atoms with Crippen LogP contribution in [0.25, 0.3) is 0 Å². The third kappa shape index (κ3) is 4.06. The lowest BCUT2D eigenvalue weighted by atomic mass is 10.0. The second-order valence-corrected chi connectivity index (χ2v) is 5.02. The first-order valence-corrected chi connectivity index (χ1v) is 7.06. The molecule has 0 saturated heterocycles. The highest BCUT2D eigenvalue weighted by atomic mass is 16.2. The second-order valence-electron chi connectivity index (χ2n) is 5.02. The normalized spacial score (nSPS) is 13.8. The van der Waals surface area contributed by atoms with Gasteiger partial charge in [0.25, 0.3) is 5.91 Å². The Morgan fingerprint density at radius 3 is 2.55 bits per heavy atom. The van der Waals surface area contributed by atoms with E-state index in [4.69, 9.17) is 5.73 Å². The quantitative estimate of drug-likeness (QED) is 0.631. The highest BCUT2D eigenvalue weighted by molar-refractivity contribution is 5.95. The summed E-state index contributed by atoms with van der Waals surface area (Å²) in [4.78, 5) is 23.5. The zero-order valence-electron chi connectivity index (χ0n) is 11.5. The van der Waals surface area contributed by atoms with Crippen molar-refractivity contribution >= 4 is 11.8 Å². The van der Waals surface area contributed by atoms with Crippen LogP contribution in [0.1, 0.15) is 28.8 Å². The Kier molecular flexibility index (Phi) is 5.12. The van der Waals surface area contributed by atoms with E-state index in [9.17, 15) is 9.59 Å². The summed E-state index contributed by atoms with van der Waals surface area (Å²) in [5.74, 6) is 0.188. The fourth-order valence-corrected chi connectivity index (χ4v) is 2.06. The average molecular weight is 275 g/mol. The lowest BCUT2D eigenvalue weighted by Gasteiger charge is -2.10. The highest BCUT2D eigenvalue weighted by Crippen LogP contribution is 2.28. The van der Waals surface area contributed by atoms with Gasteiger partial charge in [-0.15, -0.1) is 0 Å². The van der Waals surface area contributed by atoms with Crippen molar-refractivity contribution in [3.8, 4) is 0 Å². The van der Waals surface area contributed by atoms with Crippen LogP contribution in [0.15, 0.2) is 24.3 Å². The molecule has 0 heterocycles. The lowest BCUT2D eigenvalue weighted by molar-refractivity contribution is -0.122. The number of carbonyl (C=O) groups is 2. The van der Waals surface area contributed by atoms with Crippen LogP contribution in [-0.4, -0.2) is 31.4 Å². The van der Waals surface area contributed by atoms with Gasteiger partial charge in [0.2, 0.25) is 5.91 Å². The fraction of sp³-hybridized carbons (Fsp3) is 0.467. The summed E-state index contributed by atoms with van der Waals surface area (Å²) in [6.07, 6.45) is 2.66. The monoisotopic (exact) mass is 275 g/mol. The molecule has 1 aromatic carbocycles. The Morgan fingerprint density at radius 1 is 1.15 bits per heavy atom. The standard InChI is InChI=1S/C15H21N3O2/c16-8-7-11-3-1-2-4-13(11)15(20)18-10-9-17-14(19)12-5-6-12/h1-4,12H,5-10,16H2,(H,17,19)(H,18,20). The number of carbonyl (C=O) groups excluding carboxylic acids is 2. The summed E-state index contributed by atoms with van der Waals surface area (Å²) < 4.78 is 0. The fourth-order valence-electron chi connectivity index (χ4n) is 2.06. The van der Waals surface area contributed by atoms with E-state index in [0.29, 0.717) is 31.6 Å². The molecule has 20 heavy (non-hydrogen) atoms. The molecule has 0 atom stereocenters. The largest absolute Gasteiger partial charge is 0.354 e. The molecule has 2 amide bonds. The highest BCUT2D eigenvalue weighted by Gasteiger charge is 2.28. The molecule has 5 heteroatoms. The Labute approximate surface area is 118 Å². The first kappa shape index (κ1) is 14.5. The minimum absolute atomic E-state index is 0.0998. The molecule has 4 N–H and O–H groups in total. The van der Waals surface area contributed by atoms with Gasteiger partial charge in [-0.2, -0.15) is 0 Å². The molecule has 0 spiro atoms. The van der Waals surface area contributed by atoms with Crippen LogP contribution in [0.2, 0.25) is 0 Å². The predicted molar refractivity (Wildman–Crippen MR) is 77.3 cm³/mol. The van der Waals surface area contributed by atoms with Gasteiger partial charge in [-0.05, 0) is 37.4 Å². The van der Waals surface area contributed by atoms with E-state index < -0.39 is 0 Å². The van der Waals surface area contributed by atoms with Gasteiger partial charge >= 0.3 is 0 Å². The molecule has 1 aromatic rings. The third-order valence-corrected chi connectivity index (χ3v) is 3.33. The second kappa shape index (κ2) is 7.05. The minimum Gasteiger partial charge on any atom is -0.354 e. The summed E-state index contributed by atoms with van der Waals surface area (Å²) >= 11 is 0. The third-order valence-electron chi connectivity index (χ3n) is 3.33. The Hall–Kier alpha value is -1.88. The molecular formula is C15H21N3O2. The van der Waals surface area contributed by atoms with Gasteiger partial charge in [-0.1, -0.05) is 18.2 Å².